The third kappa shape index (κ3) is 1.94. The molecule has 2 nitrogen and oxygen atoms in total. The first-order valence-corrected chi connectivity index (χ1v) is 4.63. The first kappa shape index (κ1) is 7.56. The lowest BCUT2D eigenvalue weighted by atomic mass is 10.2. The van der Waals surface area contributed by atoms with Crippen LogP contribution in [0.1, 0.15) is 32.6 Å². The summed E-state index contributed by atoms with van der Waals surface area (Å²) >= 11 is 0. The fourth-order valence-corrected chi connectivity index (χ4v) is 1.74. The molecular formula is C9H16O2. The minimum Gasteiger partial charge on any atom is -0.372 e. The van der Waals surface area contributed by atoms with Gasteiger partial charge in [-0.15, -0.1) is 0 Å². The molecule has 1 aliphatic carbocycles. The number of hydrogen-bond donors (Lipinski definition) is 0. The quantitative estimate of drug-likeness (QED) is 0.580. The van der Waals surface area contributed by atoms with Crippen molar-refractivity contribution in [2.75, 3.05) is 6.61 Å². The lowest BCUT2D eigenvalue weighted by Crippen LogP contribution is -2.21. The van der Waals surface area contributed by atoms with Gasteiger partial charge in [0.25, 0.3) is 0 Å². The van der Waals surface area contributed by atoms with Gasteiger partial charge in [-0.3, -0.25) is 0 Å². The van der Waals surface area contributed by atoms with Crippen LogP contribution in [0.3, 0.4) is 0 Å². The Kier molecular flexibility index (Phi) is 2.14. The van der Waals surface area contributed by atoms with Gasteiger partial charge in [0.1, 0.15) is 6.10 Å². The molecule has 0 bridgehead atoms. The minimum absolute atomic E-state index is 0.332. The van der Waals surface area contributed by atoms with Crippen molar-refractivity contribution in [2.45, 2.75) is 50.9 Å². The Morgan fingerprint density at radius 1 is 1.36 bits per heavy atom. The SMILES string of the molecule is CC(OC1CCCC1)C1CO1. The lowest BCUT2D eigenvalue weighted by Gasteiger charge is -2.15. The predicted molar refractivity (Wildman–Crippen MR) is 42.5 cm³/mol. The van der Waals surface area contributed by atoms with Crippen LogP contribution in [-0.2, 0) is 9.47 Å². The average molecular weight is 156 g/mol. The molecule has 2 rings (SSSR count). The monoisotopic (exact) mass is 156 g/mol. The zero-order chi connectivity index (χ0) is 7.68. The summed E-state index contributed by atoms with van der Waals surface area (Å²) in [5, 5.41) is 0. The van der Waals surface area contributed by atoms with Crippen LogP contribution in [0.4, 0.5) is 0 Å². The zero-order valence-corrected chi connectivity index (χ0v) is 7.08. The van der Waals surface area contributed by atoms with Gasteiger partial charge in [-0.25, -0.2) is 0 Å². The van der Waals surface area contributed by atoms with Crippen molar-refractivity contribution in [1.29, 1.82) is 0 Å². The summed E-state index contributed by atoms with van der Waals surface area (Å²) in [6, 6.07) is 0. The van der Waals surface area contributed by atoms with E-state index in [-0.39, 0.29) is 0 Å². The van der Waals surface area contributed by atoms with E-state index in [4.69, 9.17) is 9.47 Å². The summed E-state index contributed by atoms with van der Waals surface area (Å²) in [6.07, 6.45) is 6.50. The average Bonchev–Trinajstić information content (AvgIpc) is 2.73. The highest BCUT2D eigenvalue weighted by molar-refractivity contribution is 4.78. The second kappa shape index (κ2) is 3.11. The normalized spacial score (nSPS) is 34.1. The van der Waals surface area contributed by atoms with Gasteiger partial charge in [0.05, 0.1) is 18.8 Å². The molecule has 2 aliphatic rings. The van der Waals surface area contributed by atoms with E-state index in [9.17, 15) is 0 Å². The maximum Gasteiger partial charge on any atom is 0.107 e. The molecule has 2 unspecified atom stereocenters. The van der Waals surface area contributed by atoms with Crippen LogP contribution in [0.5, 0.6) is 0 Å². The summed E-state index contributed by atoms with van der Waals surface area (Å²) < 4.78 is 11.0. The highest BCUT2D eigenvalue weighted by atomic mass is 16.6. The molecule has 0 aromatic heterocycles. The molecule has 1 aliphatic heterocycles. The van der Waals surface area contributed by atoms with Crippen molar-refractivity contribution in [3.05, 3.63) is 0 Å². The van der Waals surface area contributed by atoms with Crippen molar-refractivity contribution in [1.82, 2.24) is 0 Å². The van der Waals surface area contributed by atoms with E-state index in [1.54, 1.807) is 0 Å². The Bertz CT molecular complexity index is 126. The van der Waals surface area contributed by atoms with Crippen LogP contribution in [0.2, 0.25) is 0 Å². The van der Waals surface area contributed by atoms with Crippen LogP contribution >= 0.6 is 0 Å². The largest absolute Gasteiger partial charge is 0.372 e. The molecule has 0 radical (unpaired) electrons. The summed E-state index contributed by atoms with van der Waals surface area (Å²) in [6.45, 7) is 3.03. The standard InChI is InChI=1S/C9H16O2/c1-7(9-6-10-9)11-8-4-2-3-5-8/h7-9H,2-6H2,1H3. The van der Waals surface area contributed by atoms with Crippen molar-refractivity contribution in [3.63, 3.8) is 0 Å². The van der Waals surface area contributed by atoms with Gasteiger partial charge in [-0.05, 0) is 19.8 Å². The Labute approximate surface area is 67.9 Å². The highest BCUT2D eigenvalue weighted by Gasteiger charge is 2.32. The van der Waals surface area contributed by atoms with Crippen LogP contribution in [0.25, 0.3) is 0 Å². The van der Waals surface area contributed by atoms with E-state index >= 15 is 0 Å². The van der Waals surface area contributed by atoms with Crippen LogP contribution in [0, 0.1) is 0 Å². The number of hydrogen-bond acceptors (Lipinski definition) is 2. The van der Waals surface area contributed by atoms with Crippen molar-refractivity contribution < 1.29 is 9.47 Å². The maximum absolute atomic E-state index is 5.81. The molecule has 0 aromatic rings. The van der Waals surface area contributed by atoms with Crippen LogP contribution in [-0.4, -0.2) is 24.9 Å². The third-order valence-electron chi connectivity index (χ3n) is 2.59. The molecule has 11 heavy (non-hydrogen) atoms. The molecule has 0 spiro atoms. The van der Waals surface area contributed by atoms with Gasteiger partial charge in [0, 0.05) is 0 Å². The van der Waals surface area contributed by atoms with Crippen LogP contribution < -0.4 is 0 Å². The Morgan fingerprint density at radius 2 is 2.00 bits per heavy atom. The van der Waals surface area contributed by atoms with E-state index in [1.807, 2.05) is 0 Å². The molecule has 0 aromatic carbocycles. The van der Waals surface area contributed by atoms with Crippen LogP contribution in [0.15, 0.2) is 0 Å². The van der Waals surface area contributed by atoms with E-state index in [2.05, 4.69) is 6.92 Å². The first-order chi connectivity index (χ1) is 5.36. The highest BCUT2D eigenvalue weighted by Crippen LogP contribution is 2.25. The number of epoxide rings is 1. The Morgan fingerprint density at radius 3 is 2.55 bits per heavy atom. The van der Waals surface area contributed by atoms with Gasteiger partial charge in [0.2, 0.25) is 0 Å². The van der Waals surface area contributed by atoms with Gasteiger partial charge >= 0.3 is 0 Å². The Balaban J connectivity index is 1.70. The third-order valence-corrected chi connectivity index (χ3v) is 2.59. The summed E-state index contributed by atoms with van der Waals surface area (Å²) in [7, 11) is 0. The van der Waals surface area contributed by atoms with Crippen molar-refractivity contribution in [2.24, 2.45) is 0 Å². The molecule has 2 atom stereocenters. The van der Waals surface area contributed by atoms with Crippen molar-refractivity contribution >= 4 is 0 Å². The Hall–Kier alpha value is -0.0800. The zero-order valence-electron chi connectivity index (χ0n) is 7.08. The lowest BCUT2D eigenvalue weighted by molar-refractivity contribution is -0.0114. The predicted octanol–water partition coefficient (Wildman–Crippen LogP) is 1.73. The topological polar surface area (TPSA) is 21.8 Å². The molecule has 2 fully saturated rings. The molecule has 1 saturated carbocycles. The number of rotatable bonds is 3. The molecular weight excluding hydrogens is 140 g/mol. The molecule has 0 N–H and O–H groups in total. The summed E-state index contributed by atoms with van der Waals surface area (Å²) in [5.74, 6) is 0. The van der Waals surface area contributed by atoms with E-state index < -0.39 is 0 Å². The van der Waals surface area contributed by atoms with E-state index in [0.717, 1.165) is 6.61 Å². The maximum atomic E-state index is 5.81. The van der Waals surface area contributed by atoms with E-state index in [0.29, 0.717) is 18.3 Å². The molecule has 64 valence electrons. The molecule has 1 saturated heterocycles. The van der Waals surface area contributed by atoms with Crippen molar-refractivity contribution in [3.8, 4) is 0 Å². The molecule has 2 heteroatoms. The van der Waals surface area contributed by atoms with E-state index in [1.165, 1.54) is 25.7 Å². The van der Waals surface area contributed by atoms with Gasteiger partial charge in [-0.2, -0.15) is 0 Å². The first-order valence-electron chi connectivity index (χ1n) is 4.63. The fourth-order valence-electron chi connectivity index (χ4n) is 1.74. The summed E-state index contributed by atoms with van der Waals surface area (Å²) in [5.41, 5.74) is 0. The summed E-state index contributed by atoms with van der Waals surface area (Å²) in [4.78, 5) is 0. The number of ether oxygens (including phenoxy) is 2. The fraction of sp³-hybridized carbons (Fsp3) is 1.00. The molecule has 0 amide bonds. The second-order valence-electron chi connectivity index (χ2n) is 3.62. The van der Waals surface area contributed by atoms with Gasteiger partial charge < -0.3 is 9.47 Å². The van der Waals surface area contributed by atoms with Gasteiger partial charge in [0.15, 0.2) is 0 Å². The second-order valence-corrected chi connectivity index (χ2v) is 3.62. The minimum atomic E-state index is 0.332. The molecule has 1 heterocycles. The van der Waals surface area contributed by atoms with Gasteiger partial charge in [-0.1, -0.05) is 12.8 Å². The smallest absolute Gasteiger partial charge is 0.107 e.